The number of aromatic nitrogens is 5. The first-order valence-corrected chi connectivity index (χ1v) is 14.9. The molecule has 3 aromatic carbocycles. The summed E-state index contributed by atoms with van der Waals surface area (Å²) < 4.78 is 9.68. The number of hydrogen-bond donors (Lipinski definition) is 0. The lowest BCUT2D eigenvalue weighted by atomic mass is 9.87. The molecule has 3 heterocycles. The Bertz CT molecular complexity index is 1980. The third kappa shape index (κ3) is 5.37. The lowest BCUT2D eigenvalue weighted by molar-refractivity contribution is 0.315. The third-order valence-electron chi connectivity index (χ3n) is 7.15. The average Bonchev–Trinajstić information content (AvgIpc) is 3.67. The molecular weight excluding hydrogens is 542 g/mol. The summed E-state index contributed by atoms with van der Waals surface area (Å²) in [4.78, 5) is 18.7. The highest BCUT2D eigenvalue weighted by Gasteiger charge is 2.17. The van der Waals surface area contributed by atoms with Gasteiger partial charge < -0.3 is 4.74 Å². The van der Waals surface area contributed by atoms with Gasteiger partial charge in [0.05, 0.1) is 16.8 Å². The minimum atomic E-state index is -0.196. The van der Waals surface area contributed by atoms with Crippen molar-refractivity contribution in [2.45, 2.75) is 46.5 Å². The van der Waals surface area contributed by atoms with Gasteiger partial charge in [0, 0.05) is 22.9 Å². The van der Waals surface area contributed by atoms with E-state index < -0.39 is 0 Å². The van der Waals surface area contributed by atoms with Crippen LogP contribution < -0.4 is 14.8 Å². The van der Waals surface area contributed by atoms with Gasteiger partial charge in [-0.3, -0.25) is 4.79 Å². The minimum absolute atomic E-state index is 0.0597. The van der Waals surface area contributed by atoms with Crippen LogP contribution >= 0.6 is 11.3 Å². The molecule has 0 aliphatic carbocycles. The van der Waals surface area contributed by atoms with Gasteiger partial charge in [-0.25, -0.2) is 4.68 Å². The Balaban J connectivity index is 1.41. The fraction of sp³-hybridized carbons (Fsp3) is 0.235. The van der Waals surface area contributed by atoms with Crippen LogP contribution in [0.3, 0.4) is 0 Å². The van der Waals surface area contributed by atoms with Crippen molar-refractivity contribution < 1.29 is 4.74 Å². The number of hydrogen-bond acceptors (Lipinski definition) is 6. The van der Waals surface area contributed by atoms with Crippen molar-refractivity contribution in [3.8, 4) is 34.1 Å². The molecule has 0 spiro atoms. The van der Waals surface area contributed by atoms with Gasteiger partial charge in [0.2, 0.25) is 4.96 Å². The minimum Gasteiger partial charge on any atom is -0.493 e. The molecule has 6 aromatic rings. The number of thiazole rings is 1. The molecule has 212 valence electrons. The van der Waals surface area contributed by atoms with Crippen molar-refractivity contribution in [1.82, 2.24) is 24.4 Å². The van der Waals surface area contributed by atoms with Gasteiger partial charge in [0.1, 0.15) is 11.4 Å². The zero-order valence-corrected chi connectivity index (χ0v) is 25.3. The second kappa shape index (κ2) is 11.0. The van der Waals surface area contributed by atoms with E-state index in [2.05, 4.69) is 51.0 Å². The van der Waals surface area contributed by atoms with E-state index in [-0.39, 0.29) is 11.0 Å². The van der Waals surface area contributed by atoms with Crippen LogP contribution in [-0.2, 0) is 5.41 Å². The Hall–Kier alpha value is -4.56. The number of rotatable bonds is 7. The molecule has 0 bridgehead atoms. The number of para-hydroxylation sites is 1. The van der Waals surface area contributed by atoms with Crippen molar-refractivity contribution in [2.75, 3.05) is 6.61 Å². The molecule has 0 aliphatic rings. The van der Waals surface area contributed by atoms with Gasteiger partial charge >= 0.3 is 0 Å². The third-order valence-corrected chi connectivity index (χ3v) is 8.11. The van der Waals surface area contributed by atoms with Crippen molar-refractivity contribution in [2.24, 2.45) is 0 Å². The largest absolute Gasteiger partial charge is 0.493 e. The van der Waals surface area contributed by atoms with Gasteiger partial charge in [0.15, 0.2) is 5.82 Å². The van der Waals surface area contributed by atoms with Crippen molar-refractivity contribution >= 4 is 22.4 Å². The van der Waals surface area contributed by atoms with Gasteiger partial charge in [-0.1, -0.05) is 81.5 Å². The second-order valence-electron chi connectivity index (χ2n) is 11.4. The molecule has 0 aliphatic heterocycles. The molecule has 0 saturated carbocycles. The molecule has 3 aromatic heterocycles. The first kappa shape index (κ1) is 27.6. The second-order valence-corrected chi connectivity index (χ2v) is 12.4. The summed E-state index contributed by atoms with van der Waals surface area (Å²) in [6.07, 6.45) is 4.79. The zero-order valence-electron chi connectivity index (χ0n) is 24.5. The van der Waals surface area contributed by atoms with Gasteiger partial charge in [-0.15, -0.1) is 5.10 Å². The molecule has 42 heavy (non-hydrogen) atoms. The molecular formula is C34H33N5O2S. The van der Waals surface area contributed by atoms with Gasteiger partial charge in [-0.05, 0) is 66.3 Å². The maximum atomic E-state index is 13.5. The highest BCUT2D eigenvalue weighted by molar-refractivity contribution is 7.15. The fourth-order valence-electron chi connectivity index (χ4n) is 4.82. The first-order valence-electron chi connectivity index (χ1n) is 14.1. The van der Waals surface area contributed by atoms with Crippen LogP contribution in [0.25, 0.3) is 39.4 Å². The quantitative estimate of drug-likeness (QED) is 0.214. The first-order chi connectivity index (χ1) is 20.2. The van der Waals surface area contributed by atoms with Gasteiger partial charge in [-0.2, -0.15) is 14.6 Å². The molecule has 7 nitrogen and oxygen atoms in total. The summed E-state index contributed by atoms with van der Waals surface area (Å²) >= 11 is 1.33. The SMILES string of the molecule is CCCOc1ccc(-c2nn(-c3ccccc3)cc2C=c2sc3nc(-c4ccc(C(C)(C)C)cc4)nn3c2=O)cc1C. The number of nitrogens with zero attached hydrogens (tertiary/aromatic N) is 5. The van der Waals surface area contributed by atoms with Crippen LogP contribution in [0.15, 0.2) is 83.8 Å². The summed E-state index contributed by atoms with van der Waals surface area (Å²) in [5, 5.41) is 9.50. The number of fused-ring (bicyclic) bond motifs is 1. The summed E-state index contributed by atoms with van der Waals surface area (Å²) in [6, 6.07) is 24.3. The van der Waals surface area contributed by atoms with Crippen LogP contribution in [0, 0.1) is 6.92 Å². The number of benzene rings is 3. The lowest BCUT2D eigenvalue weighted by Gasteiger charge is -2.18. The highest BCUT2D eigenvalue weighted by atomic mass is 32.1. The summed E-state index contributed by atoms with van der Waals surface area (Å²) in [7, 11) is 0. The van der Waals surface area contributed by atoms with Gasteiger partial charge in [0.25, 0.3) is 5.56 Å². The van der Waals surface area contributed by atoms with E-state index in [1.807, 2.05) is 78.5 Å². The number of ether oxygens (including phenoxy) is 1. The Kier molecular flexibility index (Phi) is 7.24. The van der Waals surface area contributed by atoms with E-state index in [4.69, 9.17) is 14.8 Å². The molecule has 8 heteroatoms. The Morgan fingerprint density at radius 3 is 2.36 bits per heavy atom. The average molecular weight is 576 g/mol. The number of aryl methyl sites for hydroxylation is 1. The molecule has 0 N–H and O–H groups in total. The summed E-state index contributed by atoms with van der Waals surface area (Å²) in [6.45, 7) is 11.3. The molecule has 6 rings (SSSR count). The van der Waals surface area contributed by atoms with E-state index in [9.17, 15) is 4.79 Å². The predicted molar refractivity (Wildman–Crippen MR) is 170 cm³/mol. The van der Waals surface area contributed by atoms with E-state index >= 15 is 0 Å². The maximum Gasteiger partial charge on any atom is 0.291 e. The normalized spacial score (nSPS) is 12.4. The molecule has 0 fully saturated rings. The van der Waals surface area contributed by atoms with Crippen LogP contribution in [-0.4, -0.2) is 31.0 Å². The predicted octanol–water partition coefficient (Wildman–Crippen LogP) is 6.61. The molecule has 0 unspecified atom stereocenters. The van der Waals surface area contributed by atoms with Crippen LogP contribution in [0.2, 0.25) is 0 Å². The Morgan fingerprint density at radius 1 is 0.952 bits per heavy atom. The Morgan fingerprint density at radius 2 is 1.69 bits per heavy atom. The summed E-state index contributed by atoms with van der Waals surface area (Å²) in [5.74, 6) is 1.41. The zero-order chi connectivity index (χ0) is 29.4. The topological polar surface area (TPSA) is 74.3 Å². The van der Waals surface area contributed by atoms with Crippen molar-refractivity contribution in [3.05, 3.63) is 111 Å². The smallest absolute Gasteiger partial charge is 0.291 e. The highest BCUT2D eigenvalue weighted by Crippen LogP contribution is 2.29. The molecule has 0 atom stereocenters. The van der Waals surface area contributed by atoms with Crippen molar-refractivity contribution in [3.63, 3.8) is 0 Å². The Labute approximate surface area is 248 Å². The van der Waals surface area contributed by atoms with Crippen LogP contribution in [0.1, 0.15) is 50.8 Å². The van der Waals surface area contributed by atoms with Crippen LogP contribution in [0.5, 0.6) is 5.75 Å². The maximum absolute atomic E-state index is 13.5. The molecule has 0 radical (unpaired) electrons. The standard InChI is InChI=1S/C34H33N5O2S/c1-6-18-41-28-17-14-24(19-22(28)2)30-25(21-38(36-30)27-10-8-7-9-11-27)20-29-32(40)39-33(42-29)35-31(37-39)23-12-15-26(16-13-23)34(3,4)5/h7-17,19-21H,6,18H2,1-5H3. The lowest BCUT2D eigenvalue weighted by Crippen LogP contribution is -2.23. The van der Waals surface area contributed by atoms with E-state index in [1.54, 1.807) is 0 Å². The van der Waals surface area contributed by atoms with E-state index in [0.29, 0.717) is 21.9 Å². The van der Waals surface area contributed by atoms with E-state index in [0.717, 1.165) is 45.8 Å². The van der Waals surface area contributed by atoms with Crippen LogP contribution in [0.4, 0.5) is 0 Å². The molecule has 0 amide bonds. The monoisotopic (exact) mass is 575 g/mol. The fourth-order valence-corrected chi connectivity index (χ4v) is 5.72. The molecule has 0 saturated heterocycles. The summed E-state index contributed by atoms with van der Waals surface area (Å²) in [5.41, 5.74) is 6.52. The van der Waals surface area contributed by atoms with E-state index in [1.165, 1.54) is 21.4 Å². The van der Waals surface area contributed by atoms with Crippen molar-refractivity contribution in [1.29, 1.82) is 0 Å².